The van der Waals surface area contributed by atoms with Crippen LogP contribution in [0.2, 0.25) is 0 Å². The van der Waals surface area contributed by atoms with Crippen molar-refractivity contribution in [3.05, 3.63) is 92.4 Å². The van der Waals surface area contributed by atoms with Gasteiger partial charge in [0, 0.05) is 6.54 Å². The van der Waals surface area contributed by atoms with Crippen LogP contribution in [0.15, 0.2) is 64.4 Å². The zero-order valence-electron chi connectivity index (χ0n) is 19.8. The lowest BCUT2D eigenvalue weighted by molar-refractivity contribution is 0.0599. The molecule has 0 aliphatic heterocycles. The van der Waals surface area contributed by atoms with E-state index in [4.69, 9.17) is 4.74 Å². The fourth-order valence-electron chi connectivity index (χ4n) is 3.96. The maximum Gasteiger partial charge on any atom is 0.338 e. The average molecular weight is 461 g/mol. The van der Waals surface area contributed by atoms with E-state index in [1.165, 1.54) is 22.6 Å². The molecule has 8 nitrogen and oxygen atoms in total. The summed E-state index contributed by atoms with van der Waals surface area (Å²) in [5.41, 5.74) is 2.59. The van der Waals surface area contributed by atoms with Gasteiger partial charge in [-0.15, -0.1) is 0 Å². The van der Waals surface area contributed by atoms with Gasteiger partial charge in [-0.3, -0.25) is 9.36 Å². The summed E-state index contributed by atoms with van der Waals surface area (Å²) >= 11 is 0. The van der Waals surface area contributed by atoms with Crippen molar-refractivity contribution in [2.45, 2.75) is 40.3 Å². The molecule has 2 aromatic carbocycles. The van der Waals surface area contributed by atoms with Crippen molar-refractivity contribution in [2.75, 3.05) is 7.11 Å². The van der Waals surface area contributed by atoms with Gasteiger partial charge >= 0.3 is 11.7 Å². The number of hydrogen-bond acceptors (Lipinski definition) is 5. The van der Waals surface area contributed by atoms with Crippen molar-refractivity contribution >= 4 is 17.1 Å². The maximum absolute atomic E-state index is 13.5. The number of aryl methyl sites for hydroxylation is 1. The van der Waals surface area contributed by atoms with Crippen molar-refractivity contribution in [1.29, 1.82) is 0 Å². The SMILES string of the molecule is COC(=O)c1ccccc1Cn1cnc2c1c(=O)n(CCC(C)C)c(=O)n2-c1ccc(C)cc1. The molecule has 4 aromatic rings. The quantitative estimate of drug-likeness (QED) is 0.394. The van der Waals surface area contributed by atoms with E-state index < -0.39 is 17.2 Å². The molecule has 2 heterocycles. The van der Waals surface area contributed by atoms with E-state index in [0.717, 1.165) is 5.56 Å². The number of esters is 1. The highest BCUT2D eigenvalue weighted by molar-refractivity contribution is 5.91. The van der Waals surface area contributed by atoms with Gasteiger partial charge in [-0.25, -0.2) is 19.1 Å². The Bertz CT molecular complexity index is 1460. The Kier molecular flexibility index (Phi) is 6.49. The molecule has 0 saturated heterocycles. The van der Waals surface area contributed by atoms with Crippen LogP contribution in [0.1, 0.15) is 41.8 Å². The Morgan fingerprint density at radius 1 is 1.06 bits per heavy atom. The number of carbonyl (C=O) groups excluding carboxylic acids is 1. The van der Waals surface area contributed by atoms with Crippen LogP contribution in [0.5, 0.6) is 0 Å². The second kappa shape index (κ2) is 9.51. The van der Waals surface area contributed by atoms with E-state index in [0.29, 0.717) is 41.2 Å². The van der Waals surface area contributed by atoms with Crippen LogP contribution < -0.4 is 11.2 Å². The summed E-state index contributed by atoms with van der Waals surface area (Å²) in [7, 11) is 1.33. The molecule has 176 valence electrons. The smallest absolute Gasteiger partial charge is 0.338 e. The topological polar surface area (TPSA) is 88.1 Å². The Morgan fingerprint density at radius 2 is 1.76 bits per heavy atom. The highest BCUT2D eigenvalue weighted by atomic mass is 16.5. The first-order valence-corrected chi connectivity index (χ1v) is 11.3. The third-order valence-electron chi connectivity index (χ3n) is 5.89. The molecule has 0 bridgehead atoms. The van der Waals surface area contributed by atoms with Gasteiger partial charge in [-0.05, 0) is 43.0 Å². The summed E-state index contributed by atoms with van der Waals surface area (Å²) < 4.78 is 9.37. The molecule has 0 aliphatic carbocycles. The van der Waals surface area contributed by atoms with E-state index in [9.17, 15) is 14.4 Å². The molecule has 0 radical (unpaired) electrons. The Balaban J connectivity index is 1.95. The van der Waals surface area contributed by atoms with Crippen LogP contribution in [0, 0.1) is 12.8 Å². The predicted molar refractivity (Wildman–Crippen MR) is 131 cm³/mol. The first-order chi connectivity index (χ1) is 16.3. The highest BCUT2D eigenvalue weighted by Gasteiger charge is 2.20. The first-order valence-electron chi connectivity index (χ1n) is 11.3. The van der Waals surface area contributed by atoms with Gasteiger partial charge in [0.25, 0.3) is 5.56 Å². The summed E-state index contributed by atoms with van der Waals surface area (Å²) in [5, 5.41) is 0. The second-order valence-corrected chi connectivity index (χ2v) is 8.79. The predicted octanol–water partition coefficient (Wildman–Crippen LogP) is 3.54. The molecule has 4 rings (SSSR count). The lowest BCUT2D eigenvalue weighted by atomic mass is 10.1. The number of aromatic nitrogens is 4. The second-order valence-electron chi connectivity index (χ2n) is 8.79. The third kappa shape index (κ3) is 4.31. The molecule has 34 heavy (non-hydrogen) atoms. The number of fused-ring (bicyclic) bond motifs is 1. The van der Waals surface area contributed by atoms with Crippen molar-refractivity contribution in [3.8, 4) is 5.69 Å². The normalized spacial score (nSPS) is 11.3. The van der Waals surface area contributed by atoms with Crippen LogP contribution in [-0.2, 0) is 17.8 Å². The van der Waals surface area contributed by atoms with E-state index >= 15 is 0 Å². The van der Waals surface area contributed by atoms with Gasteiger partial charge in [0.1, 0.15) is 0 Å². The first kappa shape index (κ1) is 23.2. The number of rotatable bonds is 7. The van der Waals surface area contributed by atoms with E-state index in [-0.39, 0.29) is 12.2 Å². The maximum atomic E-state index is 13.5. The fraction of sp³-hybridized carbons (Fsp3) is 0.308. The van der Waals surface area contributed by atoms with Crippen LogP contribution in [0.3, 0.4) is 0 Å². The minimum Gasteiger partial charge on any atom is -0.465 e. The van der Waals surface area contributed by atoms with Gasteiger partial charge in [0.05, 0.1) is 31.2 Å². The lowest BCUT2D eigenvalue weighted by Gasteiger charge is -2.14. The molecule has 0 saturated carbocycles. The molecule has 0 atom stereocenters. The molecule has 0 fully saturated rings. The highest BCUT2D eigenvalue weighted by Crippen LogP contribution is 2.18. The number of carbonyl (C=O) groups is 1. The lowest BCUT2D eigenvalue weighted by Crippen LogP contribution is -2.40. The monoisotopic (exact) mass is 460 g/mol. The van der Waals surface area contributed by atoms with Gasteiger partial charge in [-0.1, -0.05) is 49.7 Å². The molecule has 0 N–H and O–H groups in total. The van der Waals surface area contributed by atoms with Crippen molar-refractivity contribution < 1.29 is 9.53 Å². The van der Waals surface area contributed by atoms with Gasteiger partial charge in [0.15, 0.2) is 11.2 Å². The third-order valence-corrected chi connectivity index (χ3v) is 5.89. The van der Waals surface area contributed by atoms with Gasteiger partial charge in [-0.2, -0.15) is 0 Å². The minimum atomic E-state index is -0.453. The Morgan fingerprint density at radius 3 is 2.44 bits per heavy atom. The zero-order valence-corrected chi connectivity index (χ0v) is 19.8. The number of methoxy groups -OCH3 is 1. The zero-order chi connectivity index (χ0) is 24.4. The van der Waals surface area contributed by atoms with Crippen LogP contribution >= 0.6 is 0 Å². The van der Waals surface area contributed by atoms with Gasteiger partial charge < -0.3 is 9.30 Å². The van der Waals surface area contributed by atoms with Crippen LogP contribution in [0.25, 0.3) is 16.9 Å². The molecular weight excluding hydrogens is 432 g/mol. The summed E-state index contributed by atoms with van der Waals surface area (Å²) in [4.78, 5) is 43.7. The van der Waals surface area contributed by atoms with Gasteiger partial charge in [0.2, 0.25) is 0 Å². The molecular formula is C26H28N4O4. The number of nitrogens with zero attached hydrogens (tertiary/aromatic N) is 4. The van der Waals surface area contributed by atoms with E-state index in [1.807, 2.05) is 43.3 Å². The Hall–Kier alpha value is -3.94. The summed E-state index contributed by atoms with van der Waals surface area (Å²) in [6.07, 6.45) is 2.23. The standard InChI is InChI=1S/C26H28N4O4/c1-17(2)13-14-29-24(31)22-23(30(26(29)33)20-11-9-18(3)10-12-20)27-16-28(22)15-19-7-5-6-8-21(19)25(32)34-4/h5-12,16-17H,13-15H2,1-4H3. The molecule has 0 amide bonds. The molecule has 8 heteroatoms. The molecule has 2 aromatic heterocycles. The summed E-state index contributed by atoms with van der Waals surface area (Å²) in [6.45, 7) is 6.61. The Labute approximate surface area is 197 Å². The number of hydrogen-bond donors (Lipinski definition) is 0. The number of ether oxygens (including phenoxy) is 1. The van der Waals surface area contributed by atoms with E-state index in [1.54, 1.807) is 16.7 Å². The van der Waals surface area contributed by atoms with Crippen LogP contribution in [-0.4, -0.2) is 31.8 Å². The minimum absolute atomic E-state index is 0.229. The molecule has 0 spiro atoms. The average Bonchev–Trinajstić information content (AvgIpc) is 3.23. The largest absolute Gasteiger partial charge is 0.465 e. The summed E-state index contributed by atoms with van der Waals surface area (Å²) in [6, 6.07) is 14.6. The van der Waals surface area contributed by atoms with Crippen molar-refractivity contribution in [1.82, 2.24) is 18.7 Å². The number of benzene rings is 2. The molecule has 0 aliphatic rings. The number of imidazole rings is 1. The summed E-state index contributed by atoms with van der Waals surface area (Å²) in [5.74, 6) is -0.127. The van der Waals surface area contributed by atoms with Crippen molar-refractivity contribution in [2.24, 2.45) is 5.92 Å². The van der Waals surface area contributed by atoms with Crippen molar-refractivity contribution in [3.63, 3.8) is 0 Å². The van der Waals surface area contributed by atoms with E-state index in [2.05, 4.69) is 18.8 Å². The van der Waals surface area contributed by atoms with Crippen LogP contribution in [0.4, 0.5) is 0 Å². The molecule has 0 unspecified atom stereocenters. The fourth-order valence-corrected chi connectivity index (χ4v) is 3.96.